The first-order valence-electron chi connectivity index (χ1n) is 12.4. The molecule has 2 aliphatic heterocycles. The summed E-state index contributed by atoms with van der Waals surface area (Å²) in [5.41, 5.74) is 6.66. The third kappa shape index (κ3) is 5.10. The lowest BCUT2D eigenvalue weighted by Gasteiger charge is -2.21. The van der Waals surface area contributed by atoms with Gasteiger partial charge in [0.1, 0.15) is 11.5 Å². The van der Waals surface area contributed by atoms with Crippen LogP contribution < -0.4 is 4.74 Å². The number of rotatable bonds is 8. The van der Waals surface area contributed by atoms with Crippen molar-refractivity contribution in [1.29, 1.82) is 10.5 Å². The van der Waals surface area contributed by atoms with Crippen molar-refractivity contribution in [3.8, 4) is 45.9 Å². The Morgan fingerprint density at radius 1 is 0.649 bits per heavy atom. The van der Waals surface area contributed by atoms with Crippen LogP contribution in [-0.4, -0.2) is 25.4 Å². The Hall–Kier alpha value is -4.42. The average Bonchev–Trinajstić information content (AvgIpc) is 3.88. The van der Waals surface area contributed by atoms with Gasteiger partial charge in [0.25, 0.3) is 0 Å². The lowest BCUT2D eigenvalue weighted by Crippen LogP contribution is -2.04. The Kier molecular flexibility index (Phi) is 6.16. The lowest BCUT2D eigenvalue weighted by molar-refractivity contribution is 0.399. The largest absolute Gasteiger partial charge is 0.455 e. The van der Waals surface area contributed by atoms with E-state index in [1.54, 1.807) is 0 Å². The van der Waals surface area contributed by atoms with E-state index in [4.69, 9.17) is 14.2 Å². The molecule has 0 radical (unpaired) electrons. The minimum atomic E-state index is 0.119. The van der Waals surface area contributed by atoms with Crippen molar-refractivity contribution in [1.82, 2.24) is 0 Å². The molecule has 0 aliphatic carbocycles. The smallest absolute Gasteiger partial charge is 0.138 e. The average molecular weight is 485 g/mol. The van der Waals surface area contributed by atoms with Gasteiger partial charge in [0.2, 0.25) is 0 Å². The number of nitrogens with zero attached hydrogens (tertiary/aromatic N) is 2. The topological polar surface area (TPSA) is 81.9 Å². The van der Waals surface area contributed by atoms with Crippen LogP contribution in [0.4, 0.5) is 0 Å². The summed E-state index contributed by atoms with van der Waals surface area (Å²) in [5, 5.41) is 19.6. The summed E-state index contributed by atoms with van der Waals surface area (Å²) in [6.45, 7) is 1.40. The van der Waals surface area contributed by atoms with Crippen molar-refractivity contribution in [2.75, 3.05) is 13.2 Å². The summed E-state index contributed by atoms with van der Waals surface area (Å²) in [5.74, 6) is 1.42. The van der Waals surface area contributed by atoms with Gasteiger partial charge in [0, 0.05) is 24.0 Å². The second-order valence-corrected chi connectivity index (χ2v) is 9.40. The number of nitriles is 2. The van der Waals surface area contributed by atoms with Gasteiger partial charge in [-0.3, -0.25) is 0 Å². The zero-order valence-corrected chi connectivity index (χ0v) is 20.2. The summed E-state index contributed by atoms with van der Waals surface area (Å²) >= 11 is 0. The fourth-order valence-corrected chi connectivity index (χ4v) is 4.68. The first kappa shape index (κ1) is 23.0. The van der Waals surface area contributed by atoms with Crippen LogP contribution in [0.25, 0.3) is 22.3 Å². The van der Waals surface area contributed by atoms with Gasteiger partial charge in [0.05, 0.1) is 48.7 Å². The van der Waals surface area contributed by atoms with E-state index in [0.29, 0.717) is 48.7 Å². The van der Waals surface area contributed by atoms with Gasteiger partial charge < -0.3 is 14.2 Å². The van der Waals surface area contributed by atoms with Crippen molar-refractivity contribution in [3.05, 3.63) is 107 Å². The molecule has 2 fully saturated rings. The molecule has 2 aliphatic rings. The maximum atomic E-state index is 9.80. The van der Waals surface area contributed by atoms with Crippen LogP contribution in [0.2, 0.25) is 0 Å². The molecule has 37 heavy (non-hydrogen) atoms. The predicted molar refractivity (Wildman–Crippen MR) is 140 cm³/mol. The van der Waals surface area contributed by atoms with Crippen LogP contribution in [0.5, 0.6) is 11.5 Å². The molecule has 4 aromatic rings. The molecule has 0 aromatic heterocycles. The van der Waals surface area contributed by atoms with E-state index in [2.05, 4.69) is 12.1 Å². The summed E-state index contributed by atoms with van der Waals surface area (Å²) < 4.78 is 18.0. The zero-order valence-electron chi connectivity index (χ0n) is 20.2. The van der Waals surface area contributed by atoms with Crippen molar-refractivity contribution >= 4 is 0 Å². The summed E-state index contributed by atoms with van der Waals surface area (Å²) in [4.78, 5) is 0. The third-order valence-corrected chi connectivity index (χ3v) is 6.66. The van der Waals surface area contributed by atoms with Crippen LogP contribution in [-0.2, 0) is 22.3 Å². The molecule has 4 aromatic carbocycles. The van der Waals surface area contributed by atoms with E-state index in [0.717, 1.165) is 33.4 Å². The number of hydrogen-bond donors (Lipinski definition) is 0. The normalized spacial score (nSPS) is 17.5. The first-order chi connectivity index (χ1) is 18.2. The molecule has 180 valence electrons. The Morgan fingerprint density at radius 2 is 1.05 bits per heavy atom. The molecule has 2 heterocycles. The molecule has 0 N–H and O–H groups in total. The molecule has 0 spiro atoms. The molecule has 5 nitrogen and oxygen atoms in total. The molecular formula is C32H24N2O3. The van der Waals surface area contributed by atoms with Crippen molar-refractivity contribution in [3.63, 3.8) is 0 Å². The molecule has 2 saturated heterocycles. The molecule has 6 rings (SSSR count). The Balaban J connectivity index is 1.57. The van der Waals surface area contributed by atoms with Crippen LogP contribution in [0.3, 0.4) is 0 Å². The van der Waals surface area contributed by atoms with Crippen LogP contribution in [0.15, 0.2) is 84.9 Å². The quantitative estimate of drug-likeness (QED) is 0.269. The molecule has 0 saturated carbocycles. The first-order valence-corrected chi connectivity index (χ1v) is 12.4. The minimum Gasteiger partial charge on any atom is -0.455 e. The molecule has 0 bridgehead atoms. The molecule has 2 unspecified atom stereocenters. The van der Waals surface area contributed by atoms with E-state index in [1.807, 2.05) is 84.9 Å². The van der Waals surface area contributed by atoms with E-state index in [9.17, 15) is 10.5 Å². The Bertz CT molecular complexity index is 1410. The van der Waals surface area contributed by atoms with Gasteiger partial charge >= 0.3 is 0 Å². The standard InChI is InChI=1S/C32H24N2O3/c33-17-21-11-25(15-27-19-35-27)31(29(13-21)23-7-3-1-4-8-23)37-32-26(16-28-20-36-28)12-22(18-34)14-30(32)24-9-5-2-6-10-24/h1-14,27-28H,15-16,19-20H2. The van der Waals surface area contributed by atoms with Crippen LogP contribution >= 0.6 is 0 Å². The van der Waals surface area contributed by atoms with Gasteiger partial charge in [0.15, 0.2) is 0 Å². The minimum absolute atomic E-state index is 0.119. The van der Waals surface area contributed by atoms with Gasteiger partial charge in [-0.1, -0.05) is 60.7 Å². The van der Waals surface area contributed by atoms with E-state index < -0.39 is 0 Å². The SMILES string of the molecule is N#Cc1cc(CC2CO2)c(Oc2c(CC3CO3)cc(C#N)cc2-c2ccccc2)c(-c2ccccc2)c1. The number of epoxide rings is 2. The van der Waals surface area contributed by atoms with E-state index in [1.165, 1.54) is 0 Å². The number of hydrogen-bond acceptors (Lipinski definition) is 5. The number of ether oxygens (including phenoxy) is 3. The van der Waals surface area contributed by atoms with Crippen LogP contribution in [0.1, 0.15) is 22.3 Å². The lowest BCUT2D eigenvalue weighted by atomic mass is 9.94. The van der Waals surface area contributed by atoms with Crippen molar-refractivity contribution < 1.29 is 14.2 Å². The molecule has 5 heteroatoms. The monoisotopic (exact) mass is 484 g/mol. The highest BCUT2D eigenvalue weighted by molar-refractivity contribution is 5.78. The maximum Gasteiger partial charge on any atom is 0.138 e. The second-order valence-electron chi connectivity index (χ2n) is 9.40. The summed E-state index contributed by atoms with van der Waals surface area (Å²) in [6, 6.07) is 32.2. The van der Waals surface area contributed by atoms with Crippen LogP contribution in [0, 0.1) is 22.7 Å². The fraction of sp³-hybridized carbons (Fsp3) is 0.188. The Labute approximate surface area is 216 Å². The number of benzene rings is 4. The predicted octanol–water partition coefficient (Wildman–Crippen LogP) is 6.44. The third-order valence-electron chi connectivity index (χ3n) is 6.66. The molecule has 2 atom stereocenters. The highest BCUT2D eigenvalue weighted by Crippen LogP contribution is 2.44. The summed E-state index contributed by atoms with van der Waals surface area (Å²) in [6.07, 6.45) is 1.55. The van der Waals surface area contributed by atoms with Gasteiger partial charge in [-0.25, -0.2) is 0 Å². The van der Waals surface area contributed by atoms with Gasteiger partial charge in [-0.2, -0.15) is 10.5 Å². The molecular weight excluding hydrogens is 460 g/mol. The zero-order chi connectivity index (χ0) is 25.2. The highest BCUT2D eigenvalue weighted by Gasteiger charge is 2.29. The fourth-order valence-electron chi connectivity index (χ4n) is 4.68. The second kappa shape index (κ2) is 9.91. The van der Waals surface area contributed by atoms with Gasteiger partial charge in [-0.15, -0.1) is 0 Å². The Morgan fingerprint density at radius 3 is 1.41 bits per heavy atom. The summed E-state index contributed by atoms with van der Waals surface area (Å²) in [7, 11) is 0. The van der Waals surface area contributed by atoms with Crippen molar-refractivity contribution in [2.45, 2.75) is 25.0 Å². The maximum absolute atomic E-state index is 9.80. The van der Waals surface area contributed by atoms with Crippen molar-refractivity contribution in [2.24, 2.45) is 0 Å². The molecule has 0 amide bonds. The highest BCUT2D eigenvalue weighted by atomic mass is 16.6. The van der Waals surface area contributed by atoms with Gasteiger partial charge in [-0.05, 0) is 46.5 Å². The van der Waals surface area contributed by atoms with E-state index >= 15 is 0 Å². The van der Waals surface area contributed by atoms with E-state index in [-0.39, 0.29) is 12.2 Å².